The lowest BCUT2D eigenvalue weighted by Gasteiger charge is -2.40. The maximum Gasteiger partial charge on any atom is 0.147 e. The first-order valence-electron chi connectivity index (χ1n) is 8.02. The van der Waals surface area contributed by atoms with Crippen molar-refractivity contribution in [3.63, 3.8) is 0 Å². The maximum absolute atomic E-state index is 9.12. The summed E-state index contributed by atoms with van der Waals surface area (Å²) in [7, 11) is 0. The van der Waals surface area contributed by atoms with Gasteiger partial charge in [-0.15, -0.1) is 0 Å². The quantitative estimate of drug-likeness (QED) is 0.932. The van der Waals surface area contributed by atoms with Crippen molar-refractivity contribution in [1.82, 2.24) is 9.88 Å². The zero-order chi connectivity index (χ0) is 14.7. The predicted octanol–water partition coefficient (Wildman–Crippen LogP) is 2.68. The van der Waals surface area contributed by atoms with E-state index in [1.165, 1.54) is 45.2 Å². The summed E-state index contributed by atoms with van der Waals surface area (Å²) >= 11 is 6.30. The molecule has 116 valence electrons. The van der Waals surface area contributed by atoms with Crippen molar-refractivity contribution in [2.45, 2.75) is 44.8 Å². The fourth-order valence-electron chi connectivity index (χ4n) is 3.52. The molecule has 2 aliphatic rings. The number of piperidine rings is 2. The molecule has 0 unspecified atom stereocenters. The van der Waals surface area contributed by atoms with Crippen LogP contribution in [0.4, 0.5) is 5.82 Å². The minimum absolute atomic E-state index is 0.00989. The second kappa shape index (κ2) is 6.95. The topological polar surface area (TPSA) is 39.6 Å². The number of rotatable bonds is 3. The summed E-state index contributed by atoms with van der Waals surface area (Å²) in [6.45, 7) is 4.58. The molecule has 1 N–H and O–H groups in total. The average molecular weight is 310 g/mol. The van der Waals surface area contributed by atoms with Crippen LogP contribution in [-0.4, -0.2) is 47.2 Å². The standard InChI is InChI=1S/C16H24ClN3O/c17-15-10-13(12-21)11-18-16(15)20-8-4-14(5-9-20)19-6-2-1-3-7-19/h10-11,14,21H,1-9,12H2. The Morgan fingerprint density at radius 2 is 1.86 bits per heavy atom. The normalized spacial score (nSPS) is 21.7. The third-order valence-corrected chi connectivity index (χ3v) is 5.01. The molecule has 0 aromatic carbocycles. The van der Waals surface area contributed by atoms with Gasteiger partial charge in [-0.1, -0.05) is 18.0 Å². The van der Waals surface area contributed by atoms with Crippen LogP contribution in [0.5, 0.6) is 0 Å². The number of hydrogen-bond donors (Lipinski definition) is 1. The van der Waals surface area contributed by atoms with Gasteiger partial charge in [0.2, 0.25) is 0 Å². The molecule has 2 fully saturated rings. The Kier molecular flexibility index (Phi) is 4.99. The van der Waals surface area contributed by atoms with E-state index in [1.807, 2.05) is 6.07 Å². The summed E-state index contributed by atoms with van der Waals surface area (Å²) in [5.41, 5.74) is 0.770. The third kappa shape index (κ3) is 3.50. The number of likely N-dealkylation sites (tertiary alicyclic amines) is 1. The zero-order valence-electron chi connectivity index (χ0n) is 12.5. The van der Waals surface area contributed by atoms with Crippen LogP contribution in [0.3, 0.4) is 0 Å². The van der Waals surface area contributed by atoms with Crippen molar-refractivity contribution in [2.75, 3.05) is 31.1 Å². The first-order chi connectivity index (χ1) is 10.3. The molecule has 3 rings (SSSR count). The molecule has 3 heterocycles. The van der Waals surface area contributed by atoms with Crippen molar-refractivity contribution in [1.29, 1.82) is 0 Å². The SMILES string of the molecule is OCc1cnc(N2CCC(N3CCCCC3)CC2)c(Cl)c1. The highest BCUT2D eigenvalue weighted by Gasteiger charge is 2.26. The summed E-state index contributed by atoms with van der Waals surface area (Å²) in [5, 5.41) is 9.78. The molecule has 0 aliphatic carbocycles. The highest BCUT2D eigenvalue weighted by molar-refractivity contribution is 6.33. The van der Waals surface area contributed by atoms with Gasteiger partial charge in [0.05, 0.1) is 11.6 Å². The second-order valence-corrected chi connectivity index (χ2v) is 6.53. The lowest BCUT2D eigenvalue weighted by molar-refractivity contribution is 0.141. The first kappa shape index (κ1) is 15.1. The zero-order valence-corrected chi connectivity index (χ0v) is 13.2. The number of aliphatic hydroxyl groups excluding tert-OH is 1. The molecule has 2 saturated heterocycles. The van der Waals surface area contributed by atoms with E-state index in [0.29, 0.717) is 5.02 Å². The molecule has 0 saturated carbocycles. The molecule has 0 bridgehead atoms. The van der Waals surface area contributed by atoms with Gasteiger partial charge in [0.15, 0.2) is 0 Å². The van der Waals surface area contributed by atoms with Crippen molar-refractivity contribution in [3.8, 4) is 0 Å². The molecule has 1 aromatic rings. The molecule has 2 aliphatic heterocycles. The van der Waals surface area contributed by atoms with Gasteiger partial charge in [0.1, 0.15) is 5.82 Å². The third-order valence-electron chi connectivity index (χ3n) is 4.73. The van der Waals surface area contributed by atoms with Crippen LogP contribution in [0.15, 0.2) is 12.3 Å². The van der Waals surface area contributed by atoms with Gasteiger partial charge in [-0.25, -0.2) is 4.98 Å². The minimum Gasteiger partial charge on any atom is -0.392 e. The fraction of sp³-hybridized carbons (Fsp3) is 0.688. The molecule has 0 amide bonds. The number of nitrogens with zero attached hydrogens (tertiary/aromatic N) is 3. The minimum atomic E-state index is -0.00989. The van der Waals surface area contributed by atoms with Gasteiger partial charge in [-0.3, -0.25) is 0 Å². The molecular weight excluding hydrogens is 286 g/mol. The van der Waals surface area contributed by atoms with Crippen LogP contribution < -0.4 is 4.90 Å². The summed E-state index contributed by atoms with van der Waals surface area (Å²) in [6, 6.07) is 2.55. The number of pyridine rings is 1. The average Bonchev–Trinajstić information content (AvgIpc) is 2.56. The number of aliphatic hydroxyl groups is 1. The van der Waals surface area contributed by atoms with Gasteiger partial charge in [0.25, 0.3) is 0 Å². The predicted molar refractivity (Wildman–Crippen MR) is 85.8 cm³/mol. The molecule has 21 heavy (non-hydrogen) atoms. The van der Waals surface area contributed by atoms with Crippen molar-refractivity contribution in [2.24, 2.45) is 0 Å². The second-order valence-electron chi connectivity index (χ2n) is 6.12. The largest absolute Gasteiger partial charge is 0.392 e. The Morgan fingerprint density at radius 3 is 2.48 bits per heavy atom. The van der Waals surface area contributed by atoms with Gasteiger partial charge >= 0.3 is 0 Å². The summed E-state index contributed by atoms with van der Waals surface area (Å²) in [4.78, 5) is 9.38. The smallest absolute Gasteiger partial charge is 0.147 e. The van der Waals surface area contributed by atoms with E-state index in [9.17, 15) is 0 Å². The van der Waals surface area contributed by atoms with Crippen LogP contribution in [-0.2, 0) is 6.61 Å². The van der Waals surface area contributed by atoms with Crippen LogP contribution in [0.2, 0.25) is 5.02 Å². The van der Waals surface area contributed by atoms with E-state index >= 15 is 0 Å². The van der Waals surface area contributed by atoms with Crippen LogP contribution in [0.1, 0.15) is 37.7 Å². The molecule has 1 aromatic heterocycles. The first-order valence-corrected chi connectivity index (χ1v) is 8.40. The van der Waals surface area contributed by atoms with Crippen molar-refractivity contribution >= 4 is 17.4 Å². The number of hydrogen-bond acceptors (Lipinski definition) is 4. The molecular formula is C16H24ClN3O. The van der Waals surface area contributed by atoms with Crippen LogP contribution in [0, 0.1) is 0 Å². The van der Waals surface area contributed by atoms with Crippen molar-refractivity contribution < 1.29 is 5.11 Å². The Balaban J connectivity index is 1.60. The van der Waals surface area contributed by atoms with Gasteiger partial charge in [-0.2, -0.15) is 0 Å². The van der Waals surface area contributed by atoms with Gasteiger partial charge in [0, 0.05) is 25.3 Å². The van der Waals surface area contributed by atoms with Crippen LogP contribution >= 0.6 is 11.6 Å². The number of aromatic nitrogens is 1. The van der Waals surface area contributed by atoms with Gasteiger partial charge in [-0.05, 0) is 50.4 Å². The lowest BCUT2D eigenvalue weighted by atomic mass is 10.00. The van der Waals surface area contributed by atoms with E-state index in [0.717, 1.165) is 30.5 Å². The van der Waals surface area contributed by atoms with E-state index in [-0.39, 0.29) is 6.61 Å². The molecule has 5 heteroatoms. The van der Waals surface area contributed by atoms with E-state index in [2.05, 4.69) is 14.8 Å². The molecule has 0 spiro atoms. The van der Waals surface area contributed by atoms with E-state index in [1.54, 1.807) is 6.20 Å². The number of anilines is 1. The fourth-order valence-corrected chi connectivity index (χ4v) is 3.82. The Bertz CT molecular complexity index is 469. The molecule has 4 nitrogen and oxygen atoms in total. The highest BCUT2D eigenvalue weighted by Crippen LogP contribution is 2.28. The molecule has 0 radical (unpaired) electrons. The summed E-state index contributed by atoms with van der Waals surface area (Å²) in [6.07, 6.45) is 8.22. The Labute approximate surface area is 131 Å². The van der Waals surface area contributed by atoms with E-state index < -0.39 is 0 Å². The van der Waals surface area contributed by atoms with E-state index in [4.69, 9.17) is 16.7 Å². The highest BCUT2D eigenvalue weighted by atomic mass is 35.5. The lowest BCUT2D eigenvalue weighted by Crippen LogP contribution is -2.47. The summed E-state index contributed by atoms with van der Waals surface area (Å²) in [5.74, 6) is 0.867. The molecule has 0 atom stereocenters. The Morgan fingerprint density at radius 1 is 1.14 bits per heavy atom. The van der Waals surface area contributed by atoms with Crippen molar-refractivity contribution in [3.05, 3.63) is 22.8 Å². The summed E-state index contributed by atoms with van der Waals surface area (Å²) < 4.78 is 0. The Hall–Kier alpha value is -0.840. The monoisotopic (exact) mass is 309 g/mol. The maximum atomic E-state index is 9.12. The van der Waals surface area contributed by atoms with Gasteiger partial charge < -0.3 is 14.9 Å². The number of halogens is 1. The van der Waals surface area contributed by atoms with Crippen LogP contribution in [0.25, 0.3) is 0 Å².